The highest BCUT2D eigenvalue weighted by Gasteiger charge is 2.14. The Balaban J connectivity index is 0.000000963. The highest BCUT2D eigenvalue weighted by Crippen LogP contribution is 2.27. The molecule has 0 fully saturated rings. The van der Waals surface area contributed by atoms with Gasteiger partial charge in [0.2, 0.25) is 0 Å². The van der Waals surface area contributed by atoms with Gasteiger partial charge in [0.1, 0.15) is 5.84 Å². The van der Waals surface area contributed by atoms with E-state index in [1.54, 1.807) is 0 Å². The van der Waals surface area contributed by atoms with Crippen LogP contribution in [-0.4, -0.2) is 5.84 Å². The summed E-state index contributed by atoms with van der Waals surface area (Å²) in [7, 11) is 0. The fourth-order valence-electron chi connectivity index (χ4n) is 2.46. The van der Waals surface area contributed by atoms with Crippen molar-refractivity contribution in [2.45, 2.75) is 25.7 Å². The number of nitrogens with two attached hydrogens (primary N) is 1. The molecule has 1 aromatic carbocycles. The van der Waals surface area contributed by atoms with Crippen LogP contribution >= 0.6 is 12.4 Å². The van der Waals surface area contributed by atoms with Gasteiger partial charge in [-0.25, -0.2) is 4.99 Å². The number of halogens is 1. The maximum atomic E-state index is 5.79. The van der Waals surface area contributed by atoms with Crippen LogP contribution in [0.4, 0.5) is 0 Å². The predicted octanol–water partition coefficient (Wildman–Crippen LogP) is 2.48. The van der Waals surface area contributed by atoms with Crippen molar-refractivity contribution in [3.05, 3.63) is 40.6 Å². The first-order valence-corrected chi connectivity index (χ1v) is 5.46. The van der Waals surface area contributed by atoms with E-state index in [0.29, 0.717) is 5.84 Å². The maximum Gasteiger partial charge on any atom is 0.103 e. The number of aryl methyl sites for hydroxylation is 2. The molecule has 2 nitrogen and oxygen atoms in total. The third-order valence-corrected chi connectivity index (χ3v) is 3.22. The van der Waals surface area contributed by atoms with E-state index in [0.717, 1.165) is 6.42 Å². The molecule has 0 bridgehead atoms. The molecule has 1 aliphatic heterocycles. The summed E-state index contributed by atoms with van der Waals surface area (Å²) in [5.74, 6) is 0.711. The molecule has 0 radical (unpaired) electrons. The molecule has 0 aromatic heterocycles. The molecule has 3 heteroatoms. The first-order chi connectivity index (χ1) is 7.33. The van der Waals surface area contributed by atoms with Gasteiger partial charge in [-0.2, -0.15) is 0 Å². The van der Waals surface area contributed by atoms with Crippen LogP contribution in [0.3, 0.4) is 0 Å². The van der Waals surface area contributed by atoms with E-state index in [1.165, 1.54) is 41.5 Å². The van der Waals surface area contributed by atoms with E-state index in [4.69, 9.17) is 5.73 Å². The fourth-order valence-corrected chi connectivity index (χ4v) is 2.46. The zero-order valence-electron chi connectivity index (χ0n) is 9.07. The van der Waals surface area contributed by atoms with Gasteiger partial charge >= 0.3 is 0 Å². The Morgan fingerprint density at radius 1 is 1.06 bits per heavy atom. The molecule has 1 aromatic rings. The monoisotopic (exact) mass is 234 g/mol. The number of hydrogen-bond donors (Lipinski definition) is 1. The fraction of sp³-hybridized carbons (Fsp3) is 0.308. The van der Waals surface area contributed by atoms with Gasteiger partial charge in [-0.15, -0.1) is 12.4 Å². The standard InChI is InChI=1S/C13H14N2.ClH/c14-13-8-12-7-10-3-1-2-9(10)6-11(12)4-5-15-13;/h4-7H,1-3,8H2,(H2,14,15);1H. The first-order valence-electron chi connectivity index (χ1n) is 5.46. The molecule has 0 amide bonds. The minimum absolute atomic E-state index is 0. The van der Waals surface area contributed by atoms with Gasteiger partial charge in [-0.1, -0.05) is 12.1 Å². The first kappa shape index (κ1) is 11.2. The number of benzene rings is 1. The Labute approximate surface area is 102 Å². The molecule has 0 spiro atoms. The Bertz CT molecular complexity index is 475. The second kappa shape index (κ2) is 4.30. The summed E-state index contributed by atoms with van der Waals surface area (Å²) in [6.45, 7) is 0. The number of nitrogens with zero attached hydrogens (tertiary/aromatic N) is 1. The van der Waals surface area contributed by atoms with E-state index in [1.807, 2.05) is 6.20 Å². The highest BCUT2D eigenvalue weighted by molar-refractivity contribution is 5.86. The van der Waals surface area contributed by atoms with Crippen molar-refractivity contribution in [2.75, 3.05) is 0 Å². The molecule has 0 saturated heterocycles. The Morgan fingerprint density at radius 2 is 1.81 bits per heavy atom. The normalized spacial score (nSPS) is 16.9. The van der Waals surface area contributed by atoms with Crippen LogP contribution in [-0.2, 0) is 19.3 Å². The van der Waals surface area contributed by atoms with Crippen molar-refractivity contribution in [1.29, 1.82) is 0 Å². The summed E-state index contributed by atoms with van der Waals surface area (Å²) in [4.78, 5) is 4.16. The third-order valence-electron chi connectivity index (χ3n) is 3.22. The van der Waals surface area contributed by atoms with Crippen LogP contribution in [0.2, 0.25) is 0 Å². The van der Waals surface area contributed by atoms with Gasteiger partial charge in [0, 0.05) is 12.6 Å². The molecular weight excluding hydrogens is 220 g/mol. The van der Waals surface area contributed by atoms with Crippen LogP contribution in [0.15, 0.2) is 23.3 Å². The molecule has 1 aliphatic carbocycles. The summed E-state index contributed by atoms with van der Waals surface area (Å²) in [6.07, 6.45) is 8.41. The van der Waals surface area contributed by atoms with Crippen LogP contribution < -0.4 is 5.73 Å². The average Bonchev–Trinajstić information content (AvgIpc) is 2.57. The molecule has 1 heterocycles. The Kier molecular flexibility index (Phi) is 3.01. The third kappa shape index (κ3) is 1.85. The molecule has 0 unspecified atom stereocenters. The van der Waals surface area contributed by atoms with E-state index < -0.39 is 0 Å². The number of hydrogen-bond acceptors (Lipinski definition) is 2. The second-order valence-electron chi connectivity index (χ2n) is 4.29. The minimum Gasteiger partial charge on any atom is -0.387 e. The van der Waals surface area contributed by atoms with Crippen LogP contribution in [0.5, 0.6) is 0 Å². The van der Waals surface area contributed by atoms with E-state index in [2.05, 4.69) is 23.2 Å². The van der Waals surface area contributed by atoms with Crippen LogP contribution in [0, 0.1) is 0 Å². The van der Waals surface area contributed by atoms with E-state index in [-0.39, 0.29) is 12.4 Å². The molecule has 2 N–H and O–H groups in total. The van der Waals surface area contributed by atoms with Crippen molar-refractivity contribution in [3.8, 4) is 0 Å². The van der Waals surface area contributed by atoms with Crippen LogP contribution in [0.25, 0.3) is 6.08 Å². The lowest BCUT2D eigenvalue weighted by atomic mass is 9.98. The lowest BCUT2D eigenvalue weighted by molar-refractivity contribution is 0.911. The molecule has 16 heavy (non-hydrogen) atoms. The highest BCUT2D eigenvalue weighted by atomic mass is 35.5. The lowest BCUT2D eigenvalue weighted by Gasteiger charge is -2.07. The quantitative estimate of drug-likeness (QED) is 0.736. The smallest absolute Gasteiger partial charge is 0.103 e. The molecule has 3 rings (SSSR count). The van der Waals surface area contributed by atoms with Crippen molar-refractivity contribution < 1.29 is 0 Å². The summed E-state index contributed by atoms with van der Waals surface area (Å²) in [5, 5.41) is 0. The van der Waals surface area contributed by atoms with Crippen molar-refractivity contribution in [1.82, 2.24) is 0 Å². The van der Waals surface area contributed by atoms with Gasteiger partial charge in [0.05, 0.1) is 0 Å². The Hall–Kier alpha value is -1.28. The van der Waals surface area contributed by atoms with Gasteiger partial charge < -0.3 is 5.73 Å². The number of fused-ring (bicyclic) bond motifs is 2. The lowest BCUT2D eigenvalue weighted by Crippen LogP contribution is -2.14. The second-order valence-corrected chi connectivity index (χ2v) is 4.29. The average molecular weight is 235 g/mol. The number of rotatable bonds is 0. The SMILES string of the molecule is Cl.NC1=NC=Cc2cc3c(cc2C1)CCC3. The molecule has 2 aliphatic rings. The molecule has 0 saturated carbocycles. The largest absolute Gasteiger partial charge is 0.387 e. The van der Waals surface area contributed by atoms with Gasteiger partial charge in [0.15, 0.2) is 0 Å². The van der Waals surface area contributed by atoms with E-state index >= 15 is 0 Å². The topological polar surface area (TPSA) is 38.4 Å². The zero-order chi connectivity index (χ0) is 10.3. The summed E-state index contributed by atoms with van der Waals surface area (Å²) in [5.41, 5.74) is 11.4. The summed E-state index contributed by atoms with van der Waals surface area (Å²) < 4.78 is 0. The summed E-state index contributed by atoms with van der Waals surface area (Å²) in [6, 6.07) is 4.62. The molecule has 0 atom stereocenters. The Morgan fingerprint density at radius 3 is 2.62 bits per heavy atom. The number of aliphatic imine (C=N–C) groups is 1. The molecular formula is C13H15ClN2. The van der Waals surface area contributed by atoms with Crippen molar-refractivity contribution in [3.63, 3.8) is 0 Å². The van der Waals surface area contributed by atoms with Gasteiger partial charge in [0.25, 0.3) is 0 Å². The minimum atomic E-state index is 0. The maximum absolute atomic E-state index is 5.79. The predicted molar refractivity (Wildman–Crippen MR) is 70.1 cm³/mol. The van der Waals surface area contributed by atoms with Crippen molar-refractivity contribution >= 4 is 24.3 Å². The summed E-state index contributed by atoms with van der Waals surface area (Å²) >= 11 is 0. The van der Waals surface area contributed by atoms with Crippen LogP contribution in [0.1, 0.15) is 28.7 Å². The molecule has 84 valence electrons. The van der Waals surface area contributed by atoms with Gasteiger partial charge in [-0.3, -0.25) is 0 Å². The zero-order valence-corrected chi connectivity index (χ0v) is 9.89. The number of amidine groups is 1. The van der Waals surface area contributed by atoms with E-state index in [9.17, 15) is 0 Å². The van der Waals surface area contributed by atoms with Crippen molar-refractivity contribution in [2.24, 2.45) is 10.7 Å². The van der Waals surface area contributed by atoms with Gasteiger partial charge in [-0.05, 0) is 47.6 Å².